The number of hydrogen-bond donors (Lipinski definition) is 2. The predicted molar refractivity (Wildman–Crippen MR) is 82.4 cm³/mol. The van der Waals surface area contributed by atoms with Gasteiger partial charge in [-0.25, -0.2) is 0 Å². The molecule has 0 spiro atoms. The highest BCUT2D eigenvalue weighted by molar-refractivity contribution is 7.12. The van der Waals surface area contributed by atoms with E-state index in [4.69, 9.17) is 16.7 Å². The van der Waals surface area contributed by atoms with Crippen LogP contribution in [0.5, 0.6) is 0 Å². The van der Waals surface area contributed by atoms with Gasteiger partial charge >= 0.3 is 0 Å². The SMILES string of the molecule is Cc1ccc(NC(=O)c2sccc2C#CCO)cc1Cl. The van der Waals surface area contributed by atoms with E-state index in [0.29, 0.717) is 21.2 Å². The Kier molecular flexibility index (Phi) is 4.80. The second-order valence-electron chi connectivity index (χ2n) is 4.04. The summed E-state index contributed by atoms with van der Waals surface area (Å²) in [5.74, 6) is 5.06. The Hall–Kier alpha value is -1.80. The van der Waals surface area contributed by atoms with Crippen LogP contribution in [-0.4, -0.2) is 17.6 Å². The van der Waals surface area contributed by atoms with Gasteiger partial charge in [-0.2, -0.15) is 0 Å². The number of benzene rings is 1. The lowest BCUT2D eigenvalue weighted by atomic mass is 10.2. The van der Waals surface area contributed by atoms with Gasteiger partial charge < -0.3 is 10.4 Å². The summed E-state index contributed by atoms with van der Waals surface area (Å²) in [4.78, 5) is 12.7. The molecule has 0 fully saturated rings. The molecule has 1 amide bonds. The van der Waals surface area contributed by atoms with E-state index in [1.165, 1.54) is 11.3 Å². The van der Waals surface area contributed by atoms with Gasteiger partial charge in [0.2, 0.25) is 0 Å². The van der Waals surface area contributed by atoms with Gasteiger partial charge in [0.15, 0.2) is 0 Å². The molecule has 0 atom stereocenters. The Balaban J connectivity index is 2.20. The first-order chi connectivity index (χ1) is 9.61. The minimum atomic E-state index is -0.234. The minimum Gasteiger partial charge on any atom is -0.384 e. The van der Waals surface area contributed by atoms with E-state index in [1.807, 2.05) is 13.0 Å². The van der Waals surface area contributed by atoms with Crippen LogP contribution in [0, 0.1) is 18.8 Å². The zero-order chi connectivity index (χ0) is 14.5. The van der Waals surface area contributed by atoms with E-state index in [1.54, 1.807) is 23.6 Å². The highest BCUT2D eigenvalue weighted by Crippen LogP contribution is 2.22. The fourth-order valence-electron chi connectivity index (χ4n) is 1.58. The number of amides is 1. The van der Waals surface area contributed by atoms with Gasteiger partial charge in [-0.3, -0.25) is 4.79 Å². The first-order valence-corrected chi connectivity index (χ1v) is 7.12. The molecule has 2 N–H and O–H groups in total. The smallest absolute Gasteiger partial charge is 0.267 e. The summed E-state index contributed by atoms with van der Waals surface area (Å²) in [5, 5.41) is 13.9. The first kappa shape index (κ1) is 14.6. The summed E-state index contributed by atoms with van der Waals surface area (Å²) in [6, 6.07) is 7.11. The zero-order valence-electron chi connectivity index (χ0n) is 10.7. The normalized spacial score (nSPS) is 9.75. The fraction of sp³-hybridized carbons (Fsp3) is 0.133. The van der Waals surface area contributed by atoms with Gasteiger partial charge in [-0.15, -0.1) is 11.3 Å². The van der Waals surface area contributed by atoms with Crippen molar-refractivity contribution in [2.45, 2.75) is 6.92 Å². The molecule has 0 aliphatic carbocycles. The number of carbonyl (C=O) groups excluding carboxylic acids is 1. The molecule has 0 unspecified atom stereocenters. The molecular weight excluding hydrogens is 294 g/mol. The molecule has 102 valence electrons. The molecule has 2 aromatic rings. The number of hydrogen-bond acceptors (Lipinski definition) is 3. The molecular formula is C15H12ClNO2S. The Bertz CT molecular complexity index is 697. The van der Waals surface area contributed by atoms with E-state index in [2.05, 4.69) is 17.2 Å². The van der Waals surface area contributed by atoms with E-state index < -0.39 is 0 Å². The van der Waals surface area contributed by atoms with E-state index in [9.17, 15) is 4.79 Å². The van der Waals surface area contributed by atoms with Crippen molar-refractivity contribution >= 4 is 34.5 Å². The summed E-state index contributed by atoms with van der Waals surface area (Å²) >= 11 is 7.33. The number of anilines is 1. The second-order valence-corrected chi connectivity index (χ2v) is 5.36. The van der Waals surface area contributed by atoms with Gasteiger partial charge in [0.25, 0.3) is 5.91 Å². The van der Waals surface area contributed by atoms with Gasteiger partial charge in [-0.05, 0) is 36.1 Å². The zero-order valence-corrected chi connectivity index (χ0v) is 12.3. The Morgan fingerprint density at radius 3 is 2.95 bits per heavy atom. The molecule has 5 heteroatoms. The van der Waals surface area contributed by atoms with Gasteiger partial charge in [0.05, 0.1) is 0 Å². The molecule has 0 saturated heterocycles. The highest BCUT2D eigenvalue weighted by atomic mass is 35.5. The average Bonchev–Trinajstić information content (AvgIpc) is 2.89. The third-order valence-electron chi connectivity index (χ3n) is 2.60. The summed E-state index contributed by atoms with van der Waals surface area (Å²) in [6.07, 6.45) is 0. The maximum absolute atomic E-state index is 12.2. The molecule has 1 aromatic heterocycles. The van der Waals surface area contributed by atoms with Crippen molar-refractivity contribution in [3.05, 3.63) is 50.7 Å². The fourth-order valence-corrected chi connectivity index (χ4v) is 2.50. The lowest BCUT2D eigenvalue weighted by Gasteiger charge is -2.06. The molecule has 2 rings (SSSR count). The predicted octanol–water partition coefficient (Wildman–Crippen LogP) is 3.31. The van der Waals surface area contributed by atoms with Crippen LogP contribution < -0.4 is 5.32 Å². The topological polar surface area (TPSA) is 49.3 Å². The summed E-state index contributed by atoms with van der Waals surface area (Å²) in [5.41, 5.74) is 2.20. The number of carbonyl (C=O) groups is 1. The molecule has 0 saturated carbocycles. The maximum Gasteiger partial charge on any atom is 0.267 e. The van der Waals surface area contributed by atoms with E-state index in [0.717, 1.165) is 5.56 Å². The number of halogens is 1. The minimum absolute atomic E-state index is 0.232. The van der Waals surface area contributed by atoms with Crippen molar-refractivity contribution < 1.29 is 9.90 Å². The summed E-state index contributed by atoms with van der Waals surface area (Å²) in [7, 11) is 0. The third-order valence-corrected chi connectivity index (χ3v) is 3.92. The van der Waals surface area contributed by atoms with Crippen molar-refractivity contribution in [2.24, 2.45) is 0 Å². The van der Waals surface area contributed by atoms with Crippen LogP contribution in [0.3, 0.4) is 0 Å². The summed E-state index contributed by atoms with van der Waals surface area (Å²) in [6.45, 7) is 1.67. The quantitative estimate of drug-likeness (QED) is 0.836. The molecule has 0 bridgehead atoms. The van der Waals surface area contributed by atoms with Crippen molar-refractivity contribution in [3.63, 3.8) is 0 Å². The van der Waals surface area contributed by atoms with E-state index >= 15 is 0 Å². The van der Waals surface area contributed by atoms with Crippen molar-refractivity contribution in [3.8, 4) is 11.8 Å². The lowest BCUT2D eigenvalue weighted by molar-refractivity contribution is 0.103. The highest BCUT2D eigenvalue weighted by Gasteiger charge is 2.12. The lowest BCUT2D eigenvalue weighted by Crippen LogP contribution is -2.11. The number of thiophene rings is 1. The van der Waals surface area contributed by atoms with Gasteiger partial charge in [0, 0.05) is 16.3 Å². The van der Waals surface area contributed by atoms with Crippen LogP contribution in [-0.2, 0) is 0 Å². The number of aliphatic hydroxyl groups is 1. The third kappa shape index (κ3) is 3.40. The number of aliphatic hydroxyl groups excluding tert-OH is 1. The first-order valence-electron chi connectivity index (χ1n) is 5.86. The van der Waals surface area contributed by atoms with Crippen LogP contribution in [0.2, 0.25) is 5.02 Å². The number of aryl methyl sites for hydroxylation is 1. The van der Waals surface area contributed by atoms with Crippen molar-refractivity contribution in [2.75, 3.05) is 11.9 Å². The molecule has 0 radical (unpaired) electrons. The van der Waals surface area contributed by atoms with Crippen LogP contribution in [0.15, 0.2) is 29.6 Å². The standard InChI is InChI=1S/C15H12ClNO2S/c1-10-4-5-12(9-13(10)16)17-15(19)14-11(3-2-7-18)6-8-20-14/h4-6,8-9,18H,7H2,1H3,(H,17,19). The maximum atomic E-state index is 12.2. The van der Waals surface area contributed by atoms with Crippen LogP contribution in [0.25, 0.3) is 0 Å². The average molecular weight is 306 g/mol. The number of nitrogens with one attached hydrogen (secondary N) is 1. The van der Waals surface area contributed by atoms with Crippen LogP contribution >= 0.6 is 22.9 Å². The molecule has 0 aliphatic rings. The second kappa shape index (κ2) is 6.58. The molecule has 0 aliphatic heterocycles. The molecule has 3 nitrogen and oxygen atoms in total. The molecule has 20 heavy (non-hydrogen) atoms. The largest absolute Gasteiger partial charge is 0.384 e. The van der Waals surface area contributed by atoms with Gasteiger partial charge in [0.1, 0.15) is 11.5 Å². The monoisotopic (exact) mass is 305 g/mol. The Morgan fingerprint density at radius 1 is 1.45 bits per heavy atom. The van der Waals surface area contributed by atoms with Gasteiger partial charge in [-0.1, -0.05) is 29.5 Å². The molecule has 1 heterocycles. The van der Waals surface area contributed by atoms with Crippen LogP contribution in [0.4, 0.5) is 5.69 Å². The molecule has 1 aromatic carbocycles. The van der Waals surface area contributed by atoms with E-state index in [-0.39, 0.29) is 12.5 Å². The number of rotatable bonds is 2. The van der Waals surface area contributed by atoms with Crippen molar-refractivity contribution in [1.29, 1.82) is 0 Å². The Morgan fingerprint density at radius 2 is 2.25 bits per heavy atom. The summed E-state index contributed by atoms with van der Waals surface area (Å²) < 4.78 is 0. The van der Waals surface area contributed by atoms with Crippen molar-refractivity contribution in [1.82, 2.24) is 0 Å². The van der Waals surface area contributed by atoms with Crippen LogP contribution in [0.1, 0.15) is 20.8 Å². The Labute approximate surface area is 126 Å².